The van der Waals surface area contributed by atoms with Crippen LogP contribution >= 0.6 is 0 Å². The molecule has 6 nitrogen and oxygen atoms in total. The Morgan fingerprint density at radius 3 is 2.62 bits per heavy atom. The van der Waals surface area contributed by atoms with Gasteiger partial charge in [-0.15, -0.1) is 0 Å². The van der Waals surface area contributed by atoms with E-state index in [4.69, 9.17) is 10.4 Å². The summed E-state index contributed by atoms with van der Waals surface area (Å²) in [7, 11) is 0. The summed E-state index contributed by atoms with van der Waals surface area (Å²) in [6.07, 6.45) is 0.259. The van der Waals surface area contributed by atoms with Crippen LogP contribution in [0, 0.1) is 11.3 Å². The fraction of sp³-hybridized carbons (Fsp3) is 0.400. The molecule has 0 aliphatic rings. The summed E-state index contributed by atoms with van der Waals surface area (Å²) < 4.78 is 0. The molecule has 112 valence electrons. The van der Waals surface area contributed by atoms with Crippen molar-refractivity contribution in [1.82, 2.24) is 4.90 Å². The first-order valence-electron chi connectivity index (χ1n) is 6.65. The Labute approximate surface area is 123 Å². The minimum Gasteiger partial charge on any atom is -0.481 e. The molecule has 0 aliphatic heterocycles. The number of nitrogens with zero attached hydrogens (tertiary/aromatic N) is 2. The number of hydrogen-bond acceptors (Lipinski definition) is 4. The standard InChI is InChI=1S/C15H18N2O4/c1-2-13(15(20)21)17(7-6-14(18)19)10-12-5-3-4-11(8-12)9-16/h3-5,8,13H,2,6-7,10H2,1H3,(H,18,19)(H,20,21). The van der Waals surface area contributed by atoms with E-state index in [0.717, 1.165) is 5.56 Å². The van der Waals surface area contributed by atoms with Crippen LogP contribution in [0.25, 0.3) is 0 Å². The molecule has 0 amide bonds. The third-order valence-corrected chi connectivity index (χ3v) is 3.17. The second kappa shape index (κ2) is 8.02. The average Bonchev–Trinajstić information content (AvgIpc) is 2.45. The van der Waals surface area contributed by atoms with E-state index in [2.05, 4.69) is 0 Å². The predicted octanol–water partition coefficient (Wildman–Crippen LogP) is 1.70. The van der Waals surface area contributed by atoms with E-state index in [9.17, 15) is 14.7 Å². The first-order chi connectivity index (χ1) is 9.97. The molecular weight excluding hydrogens is 272 g/mol. The Morgan fingerprint density at radius 1 is 1.38 bits per heavy atom. The van der Waals surface area contributed by atoms with Gasteiger partial charge in [0.25, 0.3) is 0 Å². The lowest BCUT2D eigenvalue weighted by Gasteiger charge is -2.27. The van der Waals surface area contributed by atoms with Gasteiger partial charge in [-0.2, -0.15) is 5.26 Å². The van der Waals surface area contributed by atoms with E-state index >= 15 is 0 Å². The van der Waals surface area contributed by atoms with Gasteiger partial charge in [0.2, 0.25) is 0 Å². The van der Waals surface area contributed by atoms with Crippen LogP contribution in [0.2, 0.25) is 0 Å². The van der Waals surface area contributed by atoms with Gasteiger partial charge in [-0.1, -0.05) is 19.1 Å². The second-order valence-corrected chi connectivity index (χ2v) is 4.69. The van der Waals surface area contributed by atoms with Gasteiger partial charge in [0, 0.05) is 13.1 Å². The molecule has 0 spiro atoms. The number of carboxylic acids is 2. The fourth-order valence-corrected chi connectivity index (χ4v) is 2.15. The SMILES string of the molecule is CCC(C(=O)O)N(CCC(=O)O)Cc1cccc(C#N)c1. The summed E-state index contributed by atoms with van der Waals surface area (Å²) in [5.74, 6) is -1.94. The molecule has 0 fully saturated rings. The molecule has 0 bridgehead atoms. The van der Waals surface area contributed by atoms with Crippen LogP contribution in [-0.4, -0.2) is 39.6 Å². The zero-order chi connectivity index (χ0) is 15.8. The molecule has 1 aromatic carbocycles. The molecule has 0 saturated heterocycles. The van der Waals surface area contributed by atoms with Crippen LogP contribution in [0.3, 0.4) is 0 Å². The molecule has 6 heteroatoms. The van der Waals surface area contributed by atoms with Crippen molar-refractivity contribution in [1.29, 1.82) is 5.26 Å². The highest BCUT2D eigenvalue weighted by Crippen LogP contribution is 2.13. The lowest BCUT2D eigenvalue weighted by molar-refractivity contribution is -0.145. The number of aliphatic carboxylic acids is 2. The molecule has 0 aromatic heterocycles. The van der Waals surface area contributed by atoms with Crippen LogP contribution in [0.1, 0.15) is 30.9 Å². The fourth-order valence-electron chi connectivity index (χ4n) is 2.15. The summed E-state index contributed by atoms with van der Waals surface area (Å²) in [5, 5.41) is 26.9. The molecule has 2 N–H and O–H groups in total. The zero-order valence-corrected chi connectivity index (χ0v) is 11.8. The Hall–Kier alpha value is -2.39. The summed E-state index contributed by atoms with van der Waals surface area (Å²) in [4.78, 5) is 23.6. The van der Waals surface area contributed by atoms with Crippen molar-refractivity contribution in [3.8, 4) is 6.07 Å². The Balaban J connectivity index is 2.92. The van der Waals surface area contributed by atoms with Crippen molar-refractivity contribution in [2.45, 2.75) is 32.4 Å². The van der Waals surface area contributed by atoms with Gasteiger partial charge >= 0.3 is 11.9 Å². The van der Waals surface area contributed by atoms with Crippen molar-refractivity contribution in [2.75, 3.05) is 6.54 Å². The van der Waals surface area contributed by atoms with E-state index in [1.807, 2.05) is 6.07 Å². The maximum absolute atomic E-state index is 11.3. The zero-order valence-electron chi connectivity index (χ0n) is 11.8. The van der Waals surface area contributed by atoms with E-state index in [-0.39, 0.29) is 13.0 Å². The quantitative estimate of drug-likeness (QED) is 0.755. The van der Waals surface area contributed by atoms with Crippen molar-refractivity contribution in [3.05, 3.63) is 35.4 Å². The van der Waals surface area contributed by atoms with Crippen LogP contribution in [-0.2, 0) is 16.1 Å². The minimum atomic E-state index is -0.973. The normalized spacial score (nSPS) is 11.9. The highest BCUT2D eigenvalue weighted by molar-refractivity contribution is 5.73. The molecule has 1 rings (SSSR count). The maximum Gasteiger partial charge on any atom is 0.320 e. The van der Waals surface area contributed by atoms with Gasteiger partial charge in [0.1, 0.15) is 6.04 Å². The predicted molar refractivity (Wildman–Crippen MR) is 75.5 cm³/mol. The molecule has 0 heterocycles. The van der Waals surface area contributed by atoms with Gasteiger partial charge in [0.15, 0.2) is 0 Å². The largest absolute Gasteiger partial charge is 0.481 e. The molecular formula is C15H18N2O4. The lowest BCUT2D eigenvalue weighted by Crippen LogP contribution is -2.41. The monoisotopic (exact) mass is 290 g/mol. The van der Waals surface area contributed by atoms with E-state index in [1.54, 1.807) is 36.1 Å². The number of carbonyl (C=O) groups is 2. The number of nitriles is 1. The number of hydrogen-bond donors (Lipinski definition) is 2. The first kappa shape index (κ1) is 16.7. The number of rotatable bonds is 8. The second-order valence-electron chi connectivity index (χ2n) is 4.69. The topological polar surface area (TPSA) is 102 Å². The molecule has 1 unspecified atom stereocenters. The smallest absolute Gasteiger partial charge is 0.320 e. The number of carboxylic acid groups (broad SMARTS) is 2. The maximum atomic E-state index is 11.3. The van der Waals surface area contributed by atoms with Crippen LogP contribution in [0.5, 0.6) is 0 Å². The lowest BCUT2D eigenvalue weighted by atomic mass is 10.1. The van der Waals surface area contributed by atoms with Gasteiger partial charge in [0.05, 0.1) is 18.1 Å². The summed E-state index contributed by atoms with van der Waals surface area (Å²) in [6, 6.07) is 8.16. The van der Waals surface area contributed by atoms with Crippen molar-refractivity contribution in [3.63, 3.8) is 0 Å². The van der Waals surface area contributed by atoms with Crippen molar-refractivity contribution >= 4 is 11.9 Å². The molecule has 1 atom stereocenters. The van der Waals surface area contributed by atoms with Gasteiger partial charge in [-0.25, -0.2) is 0 Å². The van der Waals surface area contributed by atoms with E-state index < -0.39 is 18.0 Å². The first-order valence-corrected chi connectivity index (χ1v) is 6.65. The Morgan fingerprint density at radius 2 is 2.10 bits per heavy atom. The van der Waals surface area contributed by atoms with E-state index in [0.29, 0.717) is 18.5 Å². The molecule has 0 aliphatic carbocycles. The Kier molecular flexibility index (Phi) is 6.37. The van der Waals surface area contributed by atoms with E-state index in [1.165, 1.54) is 0 Å². The van der Waals surface area contributed by atoms with Crippen LogP contribution in [0.4, 0.5) is 0 Å². The molecule has 0 radical (unpaired) electrons. The van der Waals surface area contributed by atoms with Gasteiger partial charge in [-0.05, 0) is 24.1 Å². The average molecular weight is 290 g/mol. The highest BCUT2D eigenvalue weighted by atomic mass is 16.4. The van der Waals surface area contributed by atoms with Crippen LogP contribution in [0.15, 0.2) is 24.3 Å². The minimum absolute atomic E-state index is 0.123. The number of benzene rings is 1. The van der Waals surface area contributed by atoms with Crippen molar-refractivity contribution in [2.24, 2.45) is 0 Å². The molecule has 0 saturated carbocycles. The summed E-state index contributed by atoms with van der Waals surface area (Å²) in [6.45, 7) is 2.20. The summed E-state index contributed by atoms with van der Waals surface area (Å²) in [5.41, 5.74) is 1.29. The Bertz CT molecular complexity index is 551. The molecule has 1 aromatic rings. The third-order valence-electron chi connectivity index (χ3n) is 3.17. The van der Waals surface area contributed by atoms with Gasteiger partial charge < -0.3 is 10.2 Å². The highest BCUT2D eigenvalue weighted by Gasteiger charge is 2.24. The van der Waals surface area contributed by atoms with Gasteiger partial charge in [-0.3, -0.25) is 14.5 Å². The summed E-state index contributed by atoms with van der Waals surface area (Å²) >= 11 is 0. The molecule has 21 heavy (non-hydrogen) atoms. The third kappa shape index (κ3) is 5.24. The van der Waals surface area contributed by atoms with Crippen molar-refractivity contribution < 1.29 is 19.8 Å². The van der Waals surface area contributed by atoms with Crippen LogP contribution < -0.4 is 0 Å².